The zero-order valence-electron chi connectivity index (χ0n) is 13.4. The van der Waals surface area contributed by atoms with Crippen LogP contribution in [0.1, 0.15) is 27.1 Å². The van der Waals surface area contributed by atoms with E-state index in [4.69, 9.17) is 31.9 Å². The molecule has 12 nitrogen and oxygen atoms in total. The van der Waals surface area contributed by atoms with Crippen LogP contribution < -0.4 is 41.0 Å². The first kappa shape index (κ1) is 29.7. The minimum absolute atomic E-state index is 0. The van der Waals surface area contributed by atoms with E-state index in [9.17, 15) is 19.2 Å². The first-order valence-corrected chi connectivity index (χ1v) is 5.37. The summed E-state index contributed by atoms with van der Waals surface area (Å²) in [6, 6.07) is 0. The Balaban J connectivity index is -0.000000301. The van der Waals surface area contributed by atoms with Gasteiger partial charge in [0, 0.05) is 0 Å². The molecule has 0 spiro atoms. The summed E-state index contributed by atoms with van der Waals surface area (Å²) in [5.74, 6) is -6.06. The molecule has 0 aromatic rings. The SMILES string of the molecule is NC(CC(=O)O)(CC(=O)O)C(N)(CC(=O)O)CC(=O)O.O.O.[H-].[Na+]. The molecule has 132 valence electrons. The summed E-state index contributed by atoms with van der Waals surface area (Å²) in [5, 5.41) is 35.1. The normalized spacial score (nSPS) is 10.3. The van der Waals surface area contributed by atoms with E-state index in [1.165, 1.54) is 0 Å². The molecule has 13 heteroatoms. The van der Waals surface area contributed by atoms with Gasteiger partial charge in [0.05, 0.1) is 36.8 Å². The molecule has 0 heterocycles. The average molecular weight is 352 g/mol. The van der Waals surface area contributed by atoms with E-state index < -0.39 is 60.6 Å². The van der Waals surface area contributed by atoms with Crippen molar-refractivity contribution in [3.63, 3.8) is 0 Å². The van der Waals surface area contributed by atoms with Gasteiger partial charge in [-0.15, -0.1) is 0 Å². The van der Waals surface area contributed by atoms with Crippen LogP contribution in [0.5, 0.6) is 0 Å². The zero-order valence-corrected chi connectivity index (χ0v) is 14.4. The maximum atomic E-state index is 10.8. The van der Waals surface area contributed by atoms with E-state index in [-0.39, 0.29) is 41.9 Å². The molecule has 0 saturated heterocycles. The van der Waals surface area contributed by atoms with Crippen molar-refractivity contribution in [3.8, 4) is 0 Å². The fraction of sp³-hybridized carbons (Fsp3) is 0.600. The molecule has 0 rings (SSSR count). The number of carboxylic acid groups (broad SMARTS) is 4. The van der Waals surface area contributed by atoms with Gasteiger partial charge in [-0.1, -0.05) is 0 Å². The van der Waals surface area contributed by atoms with Crippen LogP contribution in [0.15, 0.2) is 0 Å². The van der Waals surface area contributed by atoms with Gasteiger partial charge in [-0.3, -0.25) is 19.2 Å². The molecular formula is C10H21N2NaO10. The summed E-state index contributed by atoms with van der Waals surface area (Å²) < 4.78 is 0. The summed E-state index contributed by atoms with van der Waals surface area (Å²) >= 11 is 0. The molecule has 0 saturated carbocycles. The monoisotopic (exact) mass is 352 g/mol. The van der Waals surface area contributed by atoms with E-state index in [2.05, 4.69) is 0 Å². The Kier molecular flexibility index (Phi) is 14.6. The van der Waals surface area contributed by atoms with Crippen LogP contribution in [-0.4, -0.2) is 66.3 Å². The molecule has 0 unspecified atom stereocenters. The number of rotatable bonds is 9. The van der Waals surface area contributed by atoms with E-state index in [0.717, 1.165) is 0 Å². The first-order chi connectivity index (χ1) is 8.92. The third-order valence-electron chi connectivity index (χ3n) is 2.86. The van der Waals surface area contributed by atoms with Gasteiger partial charge in [0.25, 0.3) is 0 Å². The van der Waals surface area contributed by atoms with Crippen LogP contribution in [0.2, 0.25) is 0 Å². The van der Waals surface area contributed by atoms with Gasteiger partial charge in [0.2, 0.25) is 0 Å². The molecule has 0 aliphatic carbocycles. The van der Waals surface area contributed by atoms with Crippen LogP contribution in [0.3, 0.4) is 0 Å². The molecular weight excluding hydrogens is 331 g/mol. The van der Waals surface area contributed by atoms with Gasteiger partial charge in [-0.05, 0) is 0 Å². The Morgan fingerprint density at radius 3 is 0.870 bits per heavy atom. The maximum absolute atomic E-state index is 10.8. The van der Waals surface area contributed by atoms with Crippen molar-refractivity contribution in [2.45, 2.75) is 36.8 Å². The fourth-order valence-corrected chi connectivity index (χ4v) is 1.91. The molecule has 23 heavy (non-hydrogen) atoms. The Morgan fingerprint density at radius 2 is 0.783 bits per heavy atom. The van der Waals surface area contributed by atoms with Crippen molar-refractivity contribution in [3.05, 3.63) is 0 Å². The number of nitrogens with two attached hydrogens (primary N) is 2. The second-order valence-electron chi connectivity index (χ2n) is 4.59. The van der Waals surface area contributed by atoms with Crippen molar-refractivity contribution < 1.29 is 81.5 Å². The van der Waals surface area contributed by atoms with Crippen molar-refractivity contribution in [2.75, 3.05) is 0 Å². The summed E-state index contributed by atoms with van der Waals surface area (Å²) in [4.78, 5) is 43.2. The maximum Gasteiger partial charge on any atom is 1.00 e. The second-order valence-corrected chi connectivity index (χ2v) is 4.59. The van der Waals surface area contributed by atoms with Gasteiger partial charge in [-0.25, -0.2) is 0 Å². The van der Waals surface area contributed by atoms with Crippen molar-refractivity contribution in [2.24, 2.45) is 11.5 Å². The first-order valence-electron chi connectivity index (χ1n) is 5.37. The number of carbonyl (C=O) groups is 4. The molecule has 0 aliphatic heterocycles. The minimum Gasteiger partial charge on any atom is -1.00 e. The predicted molar refractivity (Wildman–Crippen MR) is 71.2 cm³/mol. The van der Waals surface area contributed by atoms with Gasteiger partial charge in [-0.2, -0.15) is 0 Å². The van der Waals surface area contributed by atoms with Crippen molar-refractivity contribution in [1.29, 1.82) is 0 Å². The van der Waals surface area contributed by atoms with Crippen LogP contribution in [0, 0.1) is 0 Å². The number of hydrogen-bond acceptors (Lipinski definition) is 6. The largest absolute Gasteiger partial charge is 1.00 e. The summed E-state index contributed by atoms with van der Waals surface area (Å²) in [6.07, 6.45) is -3.90. The molecule has 0 fully saturated rings. The summed E-state index contributed by atoms with van der Waals surface area (Å²) in [7, 11) is 0. The molecule has 0 atom stereocenters. The van der Waals surface area contributed by atoms with Gasteiger partial charge in [0.1, 0.15) is 0 Å². The van der Waals surface area contributed by atoms with Gasteiger partial charge >= 0.3 is 53.4 Å². The number of aliphatic carboxylic acids is 4. The Labute approximate surface area is 153 Å². The van der Waals surface area contributed by atoms with Crippen molar-refractivity contribution >= 4 is 23.9 Å². The van der Waals surface area contributed by atoms with Crippen LogP contribution in [0.4, 0.5) is 0 Å². The standard InChI is InChI=1S/C10H16N2O8.Na.2H2O.H/c11-9(1-5(13)14,2-6(15)16)10(12,3-7(17)18)4-8(19)20;;;;/h1-4,11-12H2,(H,13,14)(H,15,16)(H,17,18)(H,19,20);;2*1H2;/q;+1;;;-1. The average Bonchev–Trinajstić information content (AvgIpc) is 2.10. The molecule has 0 aliphatic rings. The molecule has 0 amide bonds. The topological polar surface area (TPSA) is 264 Å². The second kappa shape index (κ2) is 11.3. The van der Waals surface area contributed by atoms with Crippen LogP contribution in [-0.2, 0) is 19.2 Å². The Bertz CT molecular complexity index is 375. The summed E-state index contributed by atoms with van der Waals surface area (Å²) in [5.41, 5.74) is 6.88. The van der Waals surface area contributed by atoms with Crippen LogP contribution in [0.25, 0.3) is 0 Å². The molecule has 0 bridgehead atoms. The van der Waals surface area contributed by atoms with E-state index in [1.54, 1.807) is 0 Å². The smallest absolute Gasteiger partial charge is 1.00 e. The third kappa shape index (κ3) is 9.45. The Morgan fingerprint density at radius 1 is 0.652 bits per heavy atom. The number of hydrogen-bond donors (Lipinski definition) is 6. The molecule has 0 aromatic heterocycles. The zero-order chi connectivity index (χ0) is 16.1. The Hall–Kier alpha value is -1.28. The molecule has 0 aromatic carbocycles. The predicted octanol–water partition coefficient (Wildman–Crippen LogP) is -6.25. The molecule has 0 radical (unpaired) electrons. The van der Waals surface area contributed by atoms with Crippen molar-refractivity contribution in [1.82, 2.24) is 0 Å². The van der Waals surface area contributed by atoms with Crippen LogP contribution >= 0.6 is 0 Å². The van der Waals surface area contributed by atoms with Gasteiger partial charge in [0.15, 0.2) is 0 Å². The number of carboxylic acids is 4. The third-order valence-corrected chi connectivity index (χ3v) is 2.86. The van der Waals surface area contributed by atoms with E-state index in [1.807, 2.05) is 0 Å². The van der Waals surface area contributed by atoms with E-state index in [0.29, 0.717) is 0 Å². The fourth-order valence-electron chi connectivity index (χ4n) is 1.91. The summed E-state index contributed by atoms with van der Waals surface area (Å²) in [6.45, 7) is 0. The van der Waals surface area contributed by atoms with E-state index >= 15 is 0 Å². The minimum atomic E-state index is -2.22. The molecule has 12 N–H and O–H groups in total. The quantitative estimate of drug-likeness (QED) is 0.213. The van der Waals surface area contributed by atoms with Gasteiger partial charge < -0.3 is 44.3 Å².